The van der Waals surface area contributed by atoms with Crippen LogP contribution in [0, 0.1) is 10.1 Å². The smallest absolute Gasteiger partial charge is 0.329 e. The first-order valence-corrected chi connectivity index (χ1v) is 5.98. The van der Waals surface area contributed by atoms with Crippen LogP contribution in [-0.2, 0) is 0 Å². The molecule has 2 aromatic rings. The van der Waals surface area contributed by atoms with Crippen molar-refractivity contribution in [3.63, 3.8) is 0 Å². The first-order valence-electron chi connectivity index (χ1n) is 5.98. The molecule has 0 amide bonds. The van der Waals surface area contributed by atoms with Crippen LogP contribution in [0.4, 0.5) is 17.5 Å². The standard InChI is InChI=1S/C12H14N6O2/c1-8(9-5-3-4-6-14-9)16-11-10(18(19)20)7-15-12(13-2)17-11/h3-8H,1-2H3,(H2,13,15,16,17). The number of nitro groups is 1. The lowest BCUT2D eigenvalue weighted by atomic mass is 10.2. The fourth-order valence-corrected chi connectivity index (χ4v) is 1.65. The van der Waals surface area contributed by atoms with Gasteiger partial charge >= 0.3 is 5.69 Å². The van der Waals surface area contributed by atoms with Gasteiger partial charge in [-0.05, 0) is 19.1 Å². The summed E-state index contributed by atoms with van der Waals surface area (Å²) >= 11 is 0. The molecular weight excluding hydrogens is 260 g/mol. The molecule has 20 heavy (non-hydrogen) atoms. The van der Waals surface area contributed by atoms with Gasteiger partial charge in [-0.3, -0.25) is 15.1 Å². The van der Waals surface area contributed by atoms with Crippen molar-refractivity contribution in [3.8, 4) is 0 Å². The van der Waals surface area contributed by atoms with Crippen LogP contribution in [0.1, 0.15) is 18.7 Å². The number of hydrogen-bond donors (Lipinski definition) is 2. The minimum Gasteiger partial charge on any atom is -0.357 e. The van der Waals surface area contributed by atoms with Crippen molar-refractivity contribution in [1.82, 2.24) is 15.0 Å². The molecule has 0 aromatic carbocycles. The van der Waals surface area contributed by atoms with Crippen LogP contribution in [0.2, 0.25) is 0 Å². The molecule has 2 N–H and O–H groups in total. The molecule has 0 spiro atoms. The van der Waals surface area contributed by atoms with Crippen LogP contribution in [0.5, 0.6) is 0 Å². The van der Waals surface area contributed by atoms with Gasteiger partial charge in [-0.15, -0.1) is 0 Å². The quantitative estimate of drug-likeness (QED) is 0.634. The third-order valence-electron chi connectivity index (χ3n) is 2.67. The molecule has 8 nitrogen and oxygen atoms in total. The van der Waals surface area contributed by atoms with Crippen molar-refractivity contribution >= 4 is 17.5 Å². The van der Waals surface area contributed by atoms with Gasteiger partial charge in [0.1, 0.15) is 6.20 Å². The van der Waals surface area contributed by atoms with Gasteiger partial charge in [-0.25, -0.2) is 4.98 Å². The zero-order chi connectivity index (χ0) is 14.5. The van der Waals surface area contributed by atoms with E-state index in [0.717, 1.165) is 5.69 Å². The first-order chi connectivity index (χ1) is 9.61. The molecule has 0 fully saturated rings. The summed E-state index contributed by atoms with van der Waals surface area (Å²) in [6.07, 6.45) is 2.84. The second-order valence-electron chi connectivity index (χ2n) is 4.06. The maximum absolute atomic E-state index is 11.0. The highest BCUT2D eigenvalue weighted by atomic mass is 16.6. The van der Waals surface area contributed by atoms with Crippen molar-refractivity contribution in [2.75, 3.05) is 17.7 Å². The molecule has 2 heterocycles. The van der Waals surface area contributed by atoms with Crippen LogP contribution in [-0.4, -0.2) is 26.9 Å². The van der Waals surface area contributed by atoms with Gasteiger partial charge in [0.15, 0.2) is 0 Å². The highest BCUT2D eigenvalue weighted by Gasteiger charge is 2.19. The summed E-state index contributed by atoms with van der Waals surface area (Å²) < 4.78 is 0. The number of hydrogen-bond acceptors (Lipinski definition) is 7. The largest absolute Gasteiger partial charge is 0.357 e. The van der Waals surface area contributed by atoms with E-state index in [1.54, 1.807) is 13.2 Å². The van der Waals surface area contributed by atoms with Gasteiger partial charge in [-0.1, -0.05) is 6.07 Å². The third kappa shape index (κ3) is 2.97. The molecule has 0 aliphatic heterocycles. The molecule has 104 valence electrons. The molecule has 0 aliphatic rings. The SMILES string of the molecule is CNc1ncc([N+](=O)[O-])c(NC(C)c2ccccn2)n1. The number of nitrogens with zero attached hydrogens (tertiary/aromatic N) is 4. The average molecular weight is 274 g/mol. The van der Waals surface area contributed by atoms with Crippen LogP contribution >= 0.6 is 0 Å². The zero-order valence-electron chi connectivity index (χ0n) is 11.1. The molecule has 1 atom stereocenters. The number of aromatic nitrogens is 3. The second kappa shape index (κ2) is 5.91. The molecule has 0 saturated heterocycles. The van der Waals surface area contributed by atoms with Crippen molar-refractivity contribution < 1.29 is 4.92 Å². The van der Waals surface area contributed by atoms with Gasteiger partial charge in [0.25, 0.3) is 0 Å². The lowest BCUT2D eigenvalue weighted by Crippen LogP contribution is -2.12. The highest BCUT2D eigenvalue weighted by molar-refractivity contribution is 5.57. The Morgan fingerprint density at radius 2 is 2.15 bits per heavy atom. The monoisotopic (exact) mass is 274 g/mol. The van der Waals surface area contributed by atoms with E-state index in [9.17, 15) is 10.1 Å². The Morgan fingerprint density at radius 3 is 2.75 bits per heavy atom. The minimum atomic E-state index is -0.521. The second-order valence-corrected chi connectivity index (χ2v) is 4.06. The predicted molar refractivity (Wildman–Crippen MR) is 74.5 cm³/mol. The van der Waals surface area contributed by atoms with E-state index in [-0.39, 0.29) is 17.5 Å². The Morgan fingerprint density at radius 1 is 1.35 bits per heavy atom. The summed E-state index contributed by atoms with van der Waals surface area (Å²) in [5.41, 5.74) is 0.596. The van der Waals surface area contributed by atoms with Crippen molar-refractivity contribution in [3.05, 3.63) is 46.4 Å². The van der Waals surface area contributed by atoms with Gasteiger partial charge in [-0.2, -0.15) is 4.98 Å². The van der Waals surface area contributed by atoms with E-state index in [4.69, 9.17) is 0 Å². The molecule has 1 unspecified atom stereocenters. The van der Waals surface area contributed by atoms with Gasteiger partial charge in [0.05, 0.1) is 16.7 Å². The van der Waals surface area contributed by atoms with E-state index in [0.29, 0.717) is 5.95 Å². The topological polar surface area (TPSA) is 106 Å². The minimum absolute atomic E-state index is 0.160. The molecule has 8 heteroatoms. The number of nitrogens with one attached hydrogen (secondary N) is 2. The molecule has 0 bridgehead atoms. The van der Waals surface area contributed by atoms with Gasteiger partial charge < -0.3 is 10.6 Å². The van der Waals surface area contributed by atoms with Crippen molar-refractivity contribution in [1.29, 1.82) is 0 Å². The predicted octanol–water partition coefficient (Wildman–Crippen LogP) is 1.99. The number of rotatable bonds is 5. The fourth-order valence-electron chi connectivity index (χ4n) is 1.65. The third-order valence-corrected chi connectivity index (χ3v) is 2.67. The Balaban J connectivity index is 2.29. The fraction of sp³-hybridized carbons (Fsp3) is 0.250. The van der Waals surface area contributed by atoms with Crippen molar-refractivity contribution in [2.45, 2.75) is 13.0 Å². The number of anilines is 2. The molecule has 2 aromatic heterocycles. The Hall–Kier alpha value is -2.77. The first kappa shape index (κ1) is 13.7. The molecule has 0 aliphatic carbocycles. The van der Waals surface area contributed by atoms with Crippen LogP contribution < -0.4 is 10.6 Å². The summed E-state index contributed by atoms with van der Waals surface area (Å²) in [5.74, 6) is 0.471. The Kier molecular flexibility index (Phi) is 4.04. The van der Waals surface area contributed by atoms with Crippen LogP contribution in [0.15, 0.2) is 30.6 Å². The lowest BCUT2D eigenvalue weighted by Gasteiger charge is -2.14. The lowest BCUT2D eigenvalue weighted by molar-refractivity contribution is -0.384. The van der Waals surface area contributed by atoms with Gasteiger partial charge in [0.2, 0.25) is 11.8 Å². The van der Waals surface area contributed by atoms with Crippen molar-refractivity contribution in [2.24, 2.45) is 0 Å². The summed E-state index contributed by atoms with van der Waals surface area (Å²) in [4.78, 5) is 22.6. The number of pyridine rings is 1. The van der Waals surface area contributed by atoms with E-state index >= 15 is 0 Å². The molecule has 2 rings (SSSR count). The summed E-state index contributed by atoms with van der Waals surface area (Å²) in [6, 6.07) is 5.29. The Bertz CT molecular complexity index is 604. The zero-order valence-corrected chi connectivity index (χ0v) is 11.1. The Labute approximate surface area is 115 Å². The maximum atomic E-state index is 11.0. The van der Waals surface area contributed by atoms with E-state index in [1.165, 1.54) is 6.20 Å². The highest BCUT2D eigenvalue weighted by Crippen LogP contribution is 2.25. The molecule has 0 radical (unpaired) electrons. The van der Waals surface area contributed by atoms with E-state index in [2.05, 4.69) is 25.6 Å². The van der Waals surface area contributed by atoms with E-state index in [1.807, 2.05) is 25.1 Å². The summed E-state index contributed by atoms with van der Waals surface area (Å²) in [5, 5.41) is 16.7. The van der Waals surface area contributed by atoms with Crippen LogP contribution in [0.25, 0.3) is 0 Å². The summed E-state index contributed by atoms with van der Waals surface area (Å²) in [7, 11) is 1.65. The van der Waals surface area contributed by atoms with E-state index < -0.39 is 4.92 Å². The van der Waals surface area contributed by atoms with Crippen LogP contribution in [0.3, 0.4) is 0 Å². The average Bonchev–Trinajstić information content (AvgIpc) is 2.47. The summed E-state index contributed by atoms with van der Waals surface area (Å²) in [6.45, 7) is 1.85. The normalized spacial score (nSPS) is 11.7. The molecule has 0 saturated carbocycles. The maximum Gasteiger partial charge on any atom is 0.329 e. The molecular formula is C12H14N6O2. The van der Waals surface area contributed by atoms with Gasteiger partial charge in [0, 0.05) is 13.2 Å².